The van der Waals surface area contributed by atoms with Gasteiger partial charge in [0.15, 0.2) is 11.4 Å². The molecule has 0 saturated carbocycles. The summed E-state index contributed by atoms with van der Waals surface area (Å²) in [6.07, 6.45) is 3.17. The van der Waals surface area contributed by atoms with Crippen molar-refractivity contribution in [2.45, 2.75) is 0 Å². The number of nitrogens with zero attached hydrogens (tertiary/aromatic N) is 4. The van der Waals surface area contributed by atoms with Gasteiger partial charge in [0.05, 0.1) is 20.9 Å². The normalized spacial score (nSPS) is 10.3. The number of hydrogen-bond acceptors (Lipinski definition) is 6. The van der Waals surface area contributed by atoms with Crippen molar-refractivity contribution in [1.82, 2.24) is 15.0 Å². The van der Waals surface area contributed by atoms with Gasteiger partial charge in [0.1, 0.15) is 5.52 Å². The molecule has 2 heterocycles. The smallest absolute Gasteiger partial charge is 0.221 e. The molecule has 0 fully saturated rings. The third-order valence-electron chi connectivity index (χ3n) is 2.71. The van der Waals surface area contributed by atoms with Crippen LogP contribution in [0.25, 0.3) is 11.2 Å². The Morgan fingerprint density at radius 2 is 2.00 bits per heavy atom. The molecule has 0 aliphatic carbocycles. The zero-order valence-corrected chi connectivity index (χ0v) is 12.8. The van der Waals surface area contributed by atoms with Gasteiger partial charge in [-0.15, -0.1) is 0 Å². The van der Waals surface area contributed by atoms with Gasteiger partial charge in [0, 0.05) is 18.5 Å². The Kier molecular flexibility index (Phi) is 3.53. The van der Waals surface area contributed by atoms with E-state index in [1.54, 1.807) is 36.7 Å². The van der Waals surface area contributed by atoms with E-state index in [0.717, 1.165) is 3.57 Å². The number of halogens is 1. The monoisotopic (exact) mass is 389 g/mol. The van der Waals surface area contributed by atoms with Gasteiger partial charge in [0.2, 0.25) is 5.88 Å². The molecule has 0 aliphatic rings. The van der Waals surface area contributed by atoms with Crippen LogP contribution >= 0.6 is 22.6 Å². The van der Waals surface area contributed by atoms with Crippen LogP contribution in [0.1, 0.15) is 5.56 Å². The fraction of sp³-hybridized carbons (Fsp3) is 0. The summed E-state index contributed by atoms with van der Waals surface area (Å²) < 4.78 is 6.47. The average molecular weight is 389 g/mol. The Morgan fingerprint density at radius 1 is 1.19 bits per heavy atom. The second-order valence-corrected chi connectivity index (χ2v) is 5.30. The maximum atomic E-state index is 8.91. The maximum absolute atomic E-state index is 8.91. The van der Waals surface area contributed by atoms with E-state index in [9.17, 15) is 0 Å². The van der Waals surface area contributed by atoms with Gasteiger partial charge in [-0.05, 0) is 40.8 Å². The minimum atomic E-state index is 0.373. The molecule has 0 bridgehead atoms. The number of nitrogens with two attached hydrogens (primary N) is 1. The van der Waals surface area contributed by atoms with E-state index in [-0.39, 0.29) is 0 Å². The highest BCUT2D eigenvalue weighted by Crippen LogP contribution is 2.33. The molecule has 21 heavy (non-hydrogen) atoms. The Labute approximate surface area is 133 Å². The van der Waals surface area contributed by atoms with E-state index in [4.69, 9.17) is 15.7 Å². The lowest BCUT2D eigenvalue weighted by Crippen LogP contribution is -1.98. The molecular weight excluding hydrogens is 381 g/mol. The third-order valence-corrected chi connectivity index (χ3v) is 3.52. The summed E-state index contributed by atoms with van der Waals surface area (Å²) in [5.74, 6) is 0.850. The van der Waals surface area contributed by atoms with Crippen LogP contribution in [0.5, 0.6) is 11.6 Å². The number of nitriles is 1. The van der Waals surface area contributed by atoms with Crippen LogP contribution in [0.2, 0.25) is 0 Å². The summed E-state index contributed by atoms with van der Waals surface area (Å²) in [6.45, 7) is 0. The summed E-state index contributed by atoms with van der Waals surface area (Å²) >= 11 is 2.07. The molecule has 0 aliphatic heterocycles. The number of pyridine rings is 1. The van der Waals surface area contributed by atoms with E-state index >= 15 is 0 Å². The predicted molar refractivity (Wildman–Crippen MR) is 85.7 cm³/mol. The first-order valence-electron chi connectivity index (χ1n) is 5.92. The van der Waals surface area contributed by atoms with Crippen molar-refractivity contribution >= 4 is 39.4 Å². The van der Waals surface area contributed by atoms with Crippen molar-refractivity contribution in [1.29, 1.82) is 5.26 Å². The molecule has 1 aromatic carbocycles. The molecule has 0 amide bonds. The molecule has 6 nitrogen and oxygen atoms in total. The van der Waals surface area contributed by atoms with Gasteiger partial charge in [-0.1, -0.05) is 0 Å². The van der Waals surface area contributed by atoms with Gasteiger partial charge in [-0.2, -0.15) is 10.2 Å². The lowest BCUT2D eigenvalue weighted by molar-refractivity contribution is 0.463. The molecular formula is C14H8IN5O. The molecule has 7 heteroatoms. The number of nitrogen functional groups attached to an aromatic ring is 1. The first kappa shape index (κ1) is 13.5. The number of aromatic nitrogens is 3. The summed E-state index contributed by atoms with van der Waals surface area (Å²) in [6, 6.07) is 8.79. The Bertz CT molecular complexity index is 852. The molecule has 102 valence electrons. The van der Waals surface area contributed by atoms with Crippen molar-refractivity contribution in [2.75, 3.05) is 5.73 Å². The highest BCUT2D eigenvalue weighted by molar-refractivity contribution is 14.1. The third kappa shape index (κ3) is 2.71. The zero-order chi connectivity index (χ0) is 14.8. The van der Waals surface area contributed by atoms with Crippen LogP contribution in [-0.2, 0) is 0 Å². The number of benzene rings is 1. The summed E-state index contributed by atoms with van der Waals surface area (Å²) in [5.41, 5.74) is 7.98. The molecule has 0 spiro atoms. The molecule has 0 unspecified atom stereocenters. The Morgan fingerprint density at radius 3 is 2.76 bits per heavy atom. The number of hydrogen-bond donors (Lipinski definition) is 1. The molecule has 2 aromatic heterocycles. The standard InChI is InChI=1S/C14H8IN5O/c15-9-5-8(7-16)6-10(17)13(9)21-12-2-1-11-14(20-12)19-4-3-18-11/h1-6H,17H2. The van der Waals surface area contributed by atoms with Crippen molar-refractivity contribution in [3.63, 3.8) is 0 Å². The number of rotatable bonds is 2. The Balaban J connectivity index is 2.01. The lowest BCUT2D eigenvalue weighted by atomic mass is 10.2. The fourth-order valence-corrected chi connectivity index (χ4v) is 2.54. The second-order valence-electron chi connectivity index (χ2n) is 4.14. The largest absolute Gasteiger partial charge is 0.436 e. The van der Waals surface area contributed by atoms with Crippen LogP contribution in [0.3, 0.4) is 0 Å². The van der Waals surface area contributed by atoms with Crippen molar-refractivity contribution in [3.05, 3.63) is 45.8 Å². The fourth-order valence-electron chi connectivity index (χ4n) is 1.79. The highest BCUT2D eigenvalue weighted by Gasteiger charge is 2.11. The first-order valence-corrected chi connectivity index (χ1v) is 7.00. The van der Waals surface area contributed by atoms with Crippen LogP contribution in [0, 0.1) is 14.9 Å². The van der Waals surface area contributed by atoms with Gasteiger partial charge in [-0.3, -0.25) is 4.98 Å². The summed E-state index contributed by atoms with van der Waals surface area (Å²) in [7, 11) is 0. The quantitative estimate of drug-likeness (QED) is 0.535. The van der Waals surface area contributed by atoms with Gasteiger partial charge in [-0.25, -0.2) is 4.98 Å². The molecule has 0 saturated heterocycles. The average Bonchev–Trinajstić information content (AvgIpc) is 2.50. The van der Waals surface area contributed by atoms with E-state index in [0.29, 0.717) is 34.0 Å². The highest BCUT2D eigenvalue weighted by atomic mass is 127. The molecule has 0 radical (unpaired) electrons. The van der Waals surface area contributed by atoms with E-state index < -0.39 is 0 Å². The topological polar surface area (TPSA) is 97.7 Å². The SMILES string of the molecule is N#Cc1cc(N)c(Oc2ccc3nccnc3n2)c(I)c1. The summed E-state index contributed by atoms with van der Waals surface area (Å²) in [5, 5.41) is 8.91. The second kappa shape index (κ2) is 5.49. The molecule has 3 aromatic rings. The minimum Gasteiger partial charge on any atom is -0.436 e. The number of ether oxygens (including phenoxy) is 1. The first-order chi connectivity index (χ1) is 10.2. The van der Waals surface area contributed by atoms with E-state index in [1.807, 2.05) is 6.07 Å². The predicted octanol–water partition coefficient (Wildman–Crippen LogP) is 2.88. The van der Waals surface area contributed by atoms with Gasteiger partial charge < -0.3 is 10.5 Å². The van der Waals surface area contributed by atoms with Crippen molar-refractivity contribution < 1.29 is 4.74 Å². The molecule has 2 N–H and O–H groups in total. The maximum Gasteiger partial charge on any atom is 0.221 e. The van der Waals surface area contributed by atoms with Crippen LogP contribution in [0.15, 0.2) is 36.7 Å². The zero-order valence-electron chi connectivity index (χ0n) is 10.6. The molecule has 0 atom stereocenters. The number of fused-ring (bicyclic) bond motifs is 1. The molecule has 3 rings (SSSR count). The van der Waals surface area contributed by atoms with Crippen LogP contribution in [-0.4, -0.2) is 15.0 Å². The van der Waals surface area contributed by atoms with Gasteiger partial charge >= 0.3 is 0 Å². The summed E-state index contributed by atoms with van der Waals surface area (Å²) in [4.78, 5) is 12.5. The van der Waals surface area contributed by atoms with E-state index in [2.05, 4.69) is 37.5 Å². The Hall–Kier alpha value is -2.47. The van der Waals surface area contributed by atoms with Crippen LogP contribution in [0.4, 0.5) is 5.69 Å². The minimum absolute atomic E-state index is 0.373. The number of anilines is 1. The van der Waals surface area contributed by atoms with Crippen molar-refractivity contribution in [2.24, 2.45) is 0 Å². The van der Waals surface area contributed by atoms with Gasteiger partial charge in [0.25, 0.3) is 0 Å². The van der Waals surface area contributed by atoms with E-state index in [1.165, 1.54) is 0 Å². The van der Waals surface area contributed by atoms with Crippen LogP contribution < -0.4 is 10.5 Å². The van der Waals surface area contributed by atoms with Crippen molar-refractivity contribution in [3.8, 4) is 17.7 Å². The lowest BCUT2D eigenvalue weighted by Gasteiger charge is -2.10.